The lowest BCUT2D eigenvalue weighted by molar-refractivity contribution is 0.100. The number of pyridine rings is 1. The molecule has 0 unspecified atom stereocenters. The molecule has 3 N–H and O–H groups in total. The molecule has 0 saturated heterocycles. The summed E-state index contributed by atoms with van der Waals surface area (Å²) in [5, 5.41) is 19.7. The fourth-order valence-corrected chi connectivity index (χ4v) is 5.26. The van der Waals surface area contributed by atoms with Gasteiger partial charge in [-0.15, -0.1) is 26.3 Å². The molecule has 0 aliphatic rings. The fourth-order valence-electron chi connectivity index (χ4n) is 4.24. The number of aromatic nitrogens is 7. The van der Waals surface area contributed by atoms with Gasteiger partial charge in [-0.05, 0) is 28.5 Å². The minimum atomic E-state index is -2.84. The summed E-state index contributed by atoms with van der Waals surface area (Å²) in [5.41, 5.74) is 7.05. The van der Waals surface area contributed by atoms with E-state index in [1.165, 1.54) is 21.6 Å². The lowest BCUT2D eigenvalue weighted by Crippen LogP contribution is -2.18. The maximum absolute atomic E-state index is 13.7. The van der Waals surface area contributed by atoms with Crippen LogP contribution in [-0.4, -0.2) is 46.8 Å². The number of rotatable bonds is 8. The van der Waals surface area contributed by atoms with Gasteiger partial charge in [-0.2, -0.15) is 5.10 Å². The SMILES string of the molecule is NC(=O)c1sc2nc(C(F)F)cc(-c3ccccc3)c2c1NC(=O)c1ccn(Cn2nnc(-c3ccccc3)n2)n1. The highest BCUT2D eigenvalue weighted by Gasteiger charge is 2.25. The van der Waals surface area contributed by atoms with Crippen molar-refractivity contribution in [3.63, 3.8) is 0 Å². The number of tetrazole rings is 1. The summed E-state index contributed by atoms with van der Waals surface area (Å²) in [6.07, 6.45) is -1.28. The Morgan fingerprint density at radius 1 is 0.976 bits per heavy atom. The van der Waals surface area contributed by atoms with Crippen LogP contribution in [-0.2, 0) is 6.67 Å². The molecule has 0 fully saturated rings. The highest BCUT2D eigenvalue weighted by molar-refractivity contribution is 7.21. The van der Waals surface area contributed by atoms with Crippen molar-refractivity contribution >= 4 is 39.1 Å². The Kier molecular flexibility index (Phi) is 6.73. The number of alkyl halides is 2. The van der Waals surface area contributed by atoms with Gasteiger partial charge >= 0.3 is 0 Å². The van der Waals surface area contributed by atoms with Crippen molar-refractivity contribution in [2.45, 2.75) is 13.1 Å². The van der Waals surface area contributed by atoms with Crippen molar-refractivity contribution < 1.29 is 18.4 Å². The Labute approximate surface area is 234 Å². The second-order valence-corrected chi connectivity index (χ2v) is 9.80. The van der Waals surface area contributed by atoms with Crippen LogP contribution in [0.1, 0.15) is 32.3 Å². The number of anilines is 1. The van der Waals surface area contributed by atoms with Gasteiger partial charge in [0.15, 0.2) is 12.4 Å². The number of amides is 2. The zero-order valence-electron chi connectivity index (χ0n) is 21.0. The van der Waals surface area contributed by atoms with E-state index in [0.29, 0.717) is 22.3 Å². The Hall–Kier alpha value is -5.37. The summed E-state index contributed by atoms with van der Waals surface area (Å²) >= 11 is 0.831. The molecule has 0 spiro atoms. The van der Waals surface area contributed by atoms with E-state index in [0.717, 1.165) is 16.9 Å². The molecule has 11 nitrogen and oxygen atoms in total. The average molecular weight is 572 g/mol. The van der Waals surface area contributed by atoms with E-state index < -0.39 is 23.9 Å². The van der Waals surface area contributed by atoms with Gasteiger partial charge in [0.05, 0.1) is 5.69 Å². The van der Waals surface area contributed by atoms with Crippen LogP contribution in [0.15, 0.2) is 79.0 Å². The third-order valence-corrected chi connectivity index (χ3v) is 7.18. The predicted molar refractivity (Wildman–Crippen MR) is 147 cm³/mol. The van der Waals surface area contributed by atoms with Crippen LogP contribution in [0, 0.1) is 0 Å². The van der Waals surface area contributed by atoms with Crippen LogP contribution in [0.25, 0.3) is 32.7 Å². The van der Waals surface area contributed by atoms with E-state index in [-0.39, 0.29) is 27.8 Å². The Bertz CT molecular complexity index is 1890. The highest BCUT2D eigenvalue weighted by Crippen LogP contribution is 2.42. The molecule has 0 bridgehead atoms. The maximum Gasteiger partial charge on any atom is 0.280 e. The first-order chi connectivity index (χ1) is 19.9. The van der Waals surface area contributed by atoms with Crippen LogP contribution in [0.3, 0.4) is 0 Å². The number of carbonyl (C=O) groups excluding carboxylic acids is 2. The molecule has 41 heavy (non-hydrogen) atoms. The Morgan fingerprint density at radius 3 is 2.37 bits per heavy atom. The third kappa shape index (κ3) is 5.15. The van der Waals surface area contributed by atoms with Crippen LogP contribution in [0.4, 0.5) is 14.5 Å². The largest absolute Gasteiger partial charge is 0.365 e. The molecule has 14 heteroatoms. The molecule has 4 aromatic heterocycles. The second kappa shape index (κ2) is 10.7. The van der Waals surface area contributed by atoms with E-state index in [1.54, 1.807) is 36.5 Å². The van der Waals surface area contributed by atoms with Crippen molar-refractivity contribution in [1.29, 1.82) is 0 Å². The second-order valence-electron chi connectivity index (χ2n) is 8.80. The van der Waals surface area contributed by atoms with E-state index in [9.17, 15) is 18.4 Å². The number of hydrogen-bond donors (Lipinski definition) is 2. The smallest absolute Gasteiger partial charge is 0.280 e. The standard InChI is InChI=1S/C27H19F2N9O2S/c28-23(29)19-13-17(15-7-3-1-4-8-15)20-21(22(24(30)39)41-27(20)31-19)32-26(40)18-11-12-37(34-18)14-38-35-25(33-36-38)16-9-5-2-6-10-16/h1-13,23H,14H2,(H2,30,39)(H,32,40). The molecule has 2 aromatic carbocycles. The molecule has 6 rings (SSSR count). The maximum atomic E-state index is 13.7. The van der Waals surface area contributed by atoms with Gasteiger partial charge in [0.25, 0.3) is 18.2 Å². The number of nitrogens with zero attached hydrogens (tertiary/aromatic N) is 7. The number of benzene rings is 2. The third-order valence-electron chi connectivity index (χ3n) is 6.08. The van der Waals surface area contributed by atoms with E-state index in [2.05, 4.69) is 30.8 Å². The van der Waals surface area contributed by atoms with Crippen LogP contribution >= 0.6 is 11.3 Å². The van der Waals surface area contributed by atoms with Crippen molar-refractivity contribution in [2.24, 2.45) is 5.73 Å². The number of nitrogens with two attached hydrogens (primary N) is 1. The first kappa shape index (κ1) is 25.9. The number of hydrogen-bond acceptors (Lipinski definition) is 8. The summed E-state index contributed by atoms with van der Waals surface area (Å²) in [5.74, 6) is -1.03. The fraction of sp³-hybridized carbons (Fsp3) is 0.0741. The lowest BCUT2D eigenvalue weighted by Gasteiger charge is -2.10. The monoisotopic (exact) mass is 571 g/mol. The van der Waals surface area contributed by atoms with Gasteiger partial charge in [0.2, 0.25) is 5.82 Å². The van der Waals surface area contributed by atoms with Crippen molar-refractivity contribution in [2.75, 3.05) is 5.32 Å². The van der Waals surface area contributed by atoms with Crippen molar-refractivity contribution in [3.05, 3.63) is 95.3 Å². The molecule has 0 aliphatic carbocycles. The number of fused-ring (bicyclic) bond motifs is 1. The molecular formula is C27H19F2N9O2S. The van der Waals surface area contributed by atoms with Gasteiger partial charge < -0.3 is 11.1 Å². The molecule has 204 valence electrons. The molecule has 0 aliphatic heterocycles. The molecule has 0 saturated carbocycles. The van der Waals surface area contributed by atoms with Crippen LogP contribution < -0.4 is 11.1 Å². The molecule has 4 heterocycles. The molecule has 2 amide bonds. The van der Waals surface area contributed by atoms with Crippen LogP contribution in [0.5, 0.6) is 0 Å². The summed E-state index contributed by atoms with van der Waals surface area (Å²) in [6.45, 7) is 0.0828. The van der Waals surface area contributed by atoms with Gasteiger partial charge in [-0.25, -0.2) is 18.4 Å². The first-order valence-electron chi connectivity index (χ1n) is 12.2. The normalized spacial score (nSPS) is 11.3. The van der Waals surface area contributed by atoms with E-state index in [1.807, 2.05) is 30.3 Å². The van der Waals surface area contributed by atoms with Gasteiger partial charge in [-0.3, -0.25) is 9.59 Å². The number of halogens is 2. The van der Waals surface area contributed by atoms with Crippen LogP contribution in [0.2, 0.25) is 0 Å². The highest BCUT2D eigenvalue weighted by atomic mass is 32.1. The zero-order chi connectivity index (χ0) is 28.5. The Balaban J connectivity index is 1.32. The lowest BCUT2D eigenvalue weighted by atomic mass is 10.0. The van der Waals surface area contributed by atoms with Gasteiger partial charge in [0.1, 0.15) is 15.4 Å². The average Bonchev–Trinajstić information content (AvgIpc) is 3.73. The Morgan fingerprint density at radius 2 is 1.68 bits per heavy atom. The number of thiophene rings is 1. The van der Waals surface area contributed by atoms with E-state index in [4.69, 9.17) is 5.73 Å². The summed E-state index contributed by atoms with van der Waals surface area (Å²) in [7, 11) is 0. The minimum absolute atomic E-state index is 0.0239. The molecular weight excluding hydrogens is 552 g/mol. The summed E-state index contributed by atoms with van der Waals surface area (Å²) < 4.78 is 28.8. The minimum Gasteiger partial charge on any atom is -0.365 e. The van der Waals surface area contributed by atoms with Gasteiger partial charge in [0, 0.05) is 17.1 Å². The number of nitrogens with one attached hydrogen (secondary N) is 1. The van der Waals surface area contributed by atoms with Crippen molar-refractivity contribution in [3.8, 4) is 22.5 Å². The molecule has 6 aromatic rings. The van der Waals surface area contributed by atoms with Crippen molar-refractivity contribution in [1.82, 2.24) is 35.0 Å². The summed E-state index contributed by atoms with van der Waals surface area (Å²) in [6, 6.07) is 20.8. The predicted octanol–water partition coefficient (Wildman–Crippen LogP) is 4.61. The molecule has 0 atom stereocenters. The van der Waals surface area contributed by atoms with E-state index >= 15 is 0 Å². The number of primary amides is 1. The quantitative estimate of drug-likeness (QED) is 0.271. The number of carbonyl (C=O) groups is 2. The first-order valence-corrected chi connectivity index (χ1v) is 13.0. The summed E-state index contributed by atoms with van der Waals surface area (Å²) in [4.78, 5) is 31.1. The zero-order valence-corrected chi connectivity index (χ0v) is 21.8. The van der Waals surface area contributed by atoms with Gasteiger partial charge in [-0.1, -0.05) is 60.7 Å². The molecule has 0 radical (unpaired) electrons. The topological polar surface area (TPSA) is 146 Å².